The molecule has 1 aliphatic rings. The monoisotopic (exact) mass is 315 g/mol. The molecule has 1 unspecified atom stereocenters. The van der Waals surface area contributed by atoms with Crippen molar-refractivity contribution in [2.24, 2.45) is 0 Å². The summed E-state index contributed by atoms with van der Waals surface area (Å²) in [4.78, 5) is 10.5. The van der Waals surface area contributed by atoms with Gasteiger partial charge in [-0.2, -0.15) is 0 Å². The van der Waals surface area contributed by atoms with Crippen LogP contribution in [0, 0.1) is 0 Å². The van der Waals surface area contributed by atoms with Crippen molar-refractivity contribution >= 4 is 27.6 Å². The van der Waals surface area contributed by atoms with Crippen LogP contribution in [-0.4, -0.2) is 53.8 Å². The molecule has 0 aromatic carbocycles. The molecule has 0 radical (unpaired) electrons. The summed E-state index contributed by atoms with van der Waals surface area (Å²) in [5, 5.41) is 3.34. The number of hydrogen-bond donors (Lipinski definition) is 2. The van der Waals surface area contributed by atoms with E-state index in [1.54, 1.807) is 0 Å². The molecule has 2 rings (SSSR count). The predicted molar refractivity (Wildman–Crippen MR) is 74.5 cm³/mol. The average molecular weight is 316 g/mol. The second-order valence-corrected chi connectivity index (χ2v) is 5.17. The van der Waals surface area contributed by atoms with Gasteiger partial charge >= 0.3 is 0 Å². The Morgan fingerprint density at radius 1 is 1.50 bits per heavy atom. The Morgan fingerprint density at radius 3 is 2.94 bits per heavy atom. The second-order valence-electron chi connectivity index (χ2n) is 4.38. The highest BCUT2D eigenvalue weighted by Crippen LogP contribution is 2.24. The highest BCUT2D eigenvalue weighted by molar-refractivity contribution is 9.10. The first-order valence-corrected chi connectivity index (χ1v) is 6.78. The lowest BCUT2D eigenvalue weighted by molar-refractivity contribution is 0.0368. The third-order valence-corrected chi connectivity index (χ3v) is 3.62. The summed E-state index contributed by atoms with van der Waals surface area (Å²) >= 11 is 3.39. The molecule has 18 heavy (non-hydrogen) atoms. The Kier molecular flexibility index (Phi) is 4.73. The molecule has 100 valence electrons. The van der Waals surface area contributed by atoms with E-state index in [2.05, 4.69) is 43.0 Å². The van der Waals surface area contributed by atoms with Crippen LogP contribution in [0.1, 0.15) is 6.92 Å². The lowest BCUT2D eigenvalue weighted by atomic mass is 10.3. The first-order valence-electron chi connectivity index (χ1n) is 5.99. The van der Waals surface area contributed by atoms with Crippen LogP contribution in [0.3, 0.4) is 0 Å². The number of morpholine rings is 1. The maximum atomic E-state index is 5.72. The summed E-state index contributed by atoms with van der Waals surface area (Å²) < 4.78 is 6.05. The fraction of sp³-hybridized carbons (Fsp3) is 0.636. The molecule has 0 saturated carbocycles. The second kappa shape index (κ2) is 6.31. The van der Waals surface area contributed by atoms with E-state index in [4.69, 9.17) is 10.5 Å². The van der Waals surface area contributed by atoms with Gasteiger partial charge in [0.25, 0.3) is 0 Å². The molecule has 1 saturated heterocycles. The number of nitrogens with one attached hydrogen (secondary N) is 1. The number of halogens is 1. The Labute approximate surface area is 115 Å². The Morgan fingerprint density at radius 2 is 2.22 bits per heavy atom. The summed E-state index contributed by atoms with van der Waals surface area (Å²) in [5.41, 5.74) is 5.72. The van der Waals surface area contributed by atoms with Crippen LogP contribution in [0.4, 0.5) is 11.6 Å². The summed E-state index contributed by atoms with van der Waals surface area (Å²) in [6, 6.07) is 0.286. The van der Waals surface area contributed by atoms with Gasteiger partial charge in [0.2, 0.25) is 0 Å². The lowest BCUT2D eigenvalue weighted by Gasteiger charge is -2.29. The van der Waals surface area contributed by atoms with E-state index in [0.29, 0.717) is 5.82 Å². The molecule has 2 heterocycles. The number of ether oxygens (including phenoxy) is 1. The van der Waals surface area contributed by atoms with E-state index >= 15 is 0 Å². The van der Waals surface area contributed by atoms with Crippen LogP contribution in [0.25, 0.3) is 0 Å². The summed E-state index contributed by atoms with van der Waals surface area (Å²) in [5.74, 6) is 1.19. The number of rotatable bonds is 4. The minimum atomic E-state index is 0.286. The minimum Gasteiger partial charge on any atom is -0.383 e. The van der Waals surface area contributed by atoms with Crippen molar-refractivity contribution in [3.63, 3.8) is 0 Å². The van der Waals surface area contributed by atoms with Crippen molar-refractivity contribution in [1.82, 2.24) is 14.9 Å². The van der Waals surface area contributed by atoms with Crippen LogP contribution < -0.4 is 11.1 Å². The summed E-state index contributed by atoms with van der Waals surface area (Å²) in [7, 11) is 0. The highest BCUT2D eigenvalue weighted by atomic mass is 79.9. The Bertz CT molecular complexity index is 397. The largest absolute Gasteiger partial charge is 0.383 e. The third-order valence-electron chi connectivity index (χ3n) is 2.84. The number of hydrogen-bond acceptors (Lipinski definition) is 6. The van der Waals surface area contributed by atoms with Gasteiger partial charge < -0.3 is 15.8 Å². The maximum Gasteiger partial charge on any atom is 0.146 e. The molecule has 7 heteroatoms. The van der Waals surface area contributed by atoms with E-state index in [1.165, 1.54) is 6.33 Å². The molecule has 0 bridgehead atoms. The van der Waals surface area contributed by atoms with Crippen LogP contribution >= 0.6 is 15.9 Å². The smallest absolute Gasteiger partial charge is 0.146 e. The normalized spacial score (nSPS) is 18.6. The first-order chi connectivity index (χ1) is 8.66. The molecule has 0 amide bonds. The quantitative estimate of drug-likeness (QED) is 0.861. The van der Waals surface area contributed by atoms with Crippen LogP contribution in [-0.2, 0) is 4.74 Å². The molecule has 6 nitrogen and oxygen atoms in total. The summed E-state index contributed by atoms with van der Waals surface area (Å²) in [6.45, 7) is 6.69. The van der Waals surface area contributed by atoms with Crippen LogP contribution in [0.2, 0.25) is 0 Å². The number of nitrogens with two attached hydrogens (primary N) is 1. The van der Waals surface area contributed by atoms with Gasteiger partial charge in [-0.1, -0.05) is 0 Å². The number of anilines is 2. The molecule has 3 N–H and O–H groups in total. The van der Waals surface area contributed by atoms with E-state index in [-0.39, 0.29) is 6.04 Å². The lowest BCUT2D eigenvalue weighted by Crippen LogP contribution is -2.42. The van der Waals surface area contributed by atoms with Crippen molar-refractivity contribution in [2.75, 3.05) is 43.9 Å². The van der Waals surface area contributed by atoms with E-state index in [9.17, 15) is 0 Å². The fourth-order valence-electron chi connectivity index (χ4n) is 1.93. The molecule has 0 aliphatic carbocycles. The summed E-state index contributed by atoms with van der Waals surface area (Å²) in [6.07, 6.45) is 1.46. The van der Waals surface area contributed by atoms with Crippen molar-refractivity contribution in [2.45, 2.75) is 13.0 Å². The van der Waals surface area contributed by atoms with Crippen molar-refractivity contribution in [1.29, 1.82) is 0 Å². The molecule has 1 atom stereocenters. The zero-order valence-corrected chi connectivity index (χ0v) is 12.0. The topological polar surface area (TPSA) is 76.3 Å². The van der Waals surface area contributed by atoms with Gasteiger partial charge in [-0.25, -0.2) is 9.97 Å². The van der Waals surface area contributed by atoms with E-state index in [1.807, 2.05) is 0 Å². The molecule has 1 fully saturated rings. The molecule has 1 aromatic heterocycles. The highest BCUT2D eigenvalue weighted by Gasteiger charge is 2.15. The van der Waals surface area contributed by atoms with E-state index < -0.39 is 0 Å². The van der Waals surface area contributed by atoms with Gasteiger partial charge in [0, 0.05) is 25.7 Å². The molecule has 1 aliphatic heterocycles. The molecule has 0 spiro atoms. The number of nitrogens with zero attached hydrogens (tertiary/aromatic N) is 3. The number of aromatic nitrogens is 2. The molecular formula is C11H18BrN5O. The van der Waals surface area contributed by atoms with Crippen molar-refractivity contribution in [3.05, 3.63) is 10.8 Å². The van der Waals surface area contributed by atoms with E-state index in [0.717, 1.165) is 43.1 Å². The molecular weight excluding hydrogens is 298 g/mol. The SMILES string of the molecule is CC(CN1CCOCC1)Nc1ncnc(N)c1Br. The fourth-order valence-corrected chi connectivity index (χ4v) is 2.25. The van der Waals surface area contributed by atoms with Crippen molar-refractivity contribution < 1.29 is 4.74 Å². The van der Waals surface area contributed by atoms with Gasteiger partial charge in [0.05, 0.1) is 13.2 Å². The average Bonchev–Trinajstić information content (AvgIpc) is 2.36. The first kappa shape index (κ1) is 13.5. The molecule has 1 aromatic rings. The Hall–Kier alpha value is -0.920. The minimum absolute atomic E-state index is 0.286. The van der Waals surface area contributed by atoms with Gasteiger partial charge in [0.15, 0.2) is 0 Å². The maximum absolute atomic E-state index is 5.72. The van der Waals surface area contributed by atoms with Gasteiger partial charge in [0.1, 0.15) is 22.4 Å². The Balaban J connectivity index is 1.90. The van der Waals surface area contributed by atoms with Crippen molar-refractivity contribution in [3.8, 4) is 0 Å². The third kappa shape index (κ3) is 3.54. The van der Waals surface area contributed by atoms with Crippen LogP contribution in [0.5, 0.6) is 0 Å². The number of nitrogen functional groups attached to an aromatic ring is 1. The van der Waals surface area contributed by atoms with Gasteiger partial charge in [-0.3, -0.25) is 4.90 Å². The zero-order chi connectivity index (χ0) is 13.0. The standard InChI is InChI=1S/C11H18BrN5O/c1-8(6-17-2-4-18-5-3-17)16-11-9(12)10(13)14-7-15-11/h7-8H,2-6H2,1H3,(H3,13,14,15,16). The van der Waals surface area contributed by atoms with Gasteiger partial charge in [-0.05, 0) is 22.9 Å². The zero-order valence-electron chi connectivity index (χ0n) is 10.4. The van der Waals surface area contributed by atoms with Gasteiger partial charge in [-0.15, -0.1) is 0 Å². The van der Waals surface area contributed by atoms with Crippen LogP contribution in [0.15, 0.2) is 10.8 Å². The predicted octanol–water partition coefficient (Wildman–Crippen LogP) is 0.954.